The molecule has 86 valence electrons. The summed E-state index contributed by atoms with van der Waals surface area (Å²) in [6, 6.07) is -0.0481. The Hall–Kier alpha value is 0.160. The lowest BCUT2D eigenvalue weighted by Crippen LogP contribution is -2.44. The second-order valence-corrected chi connectivity index (χ2v) is 6.52. The van der Waals surface area contributed by atoms with Crippen LogP contribution in [0.4, 0.5) is 0 Å². The zero-order valence-electron chi connectivity index (χ0n) is 9.36. The van der Waals surface area contributed by atoms with Crippen molar-refractivity contribution in [1.82, 2.24) is 8.61 Å². The highest BCUT2D eigenvalue weighted by Gasteiger charge is 2.26. The number of nitrogens with zero attached hydrogens (tertiary/aromatic N) is 2. The minimum atomic E-state index is -3.35. The quantitative estimate of drug-likeness (QED) is 0.679. The molecule has 4 nitrogen and oxygen atoms in total. The van der Waals surface area contributed by atoms with Gasteiger partial charge in [-0.05, 0) is 20.8 Å². The van der Waals surface area contributed by atoms with Gasteiger partial charge in [-0.2, -0.15) is 17.0 Å². The summed E-state index contributed by atoms with van der Waals surface area (Å²) >= 11 is 5.74. The molecule has 0 aromatic heterocycles. The van der Waals surface area contributed by atoms with Crippen molar-refractivity contribution >= 4 is 21.8 Å². The average Bonchev–Trinajstić information content (AvgIpc) is 2.01. The summed E-state index contributed by atoms with van der Waals surface area (Å²) < 4.78 is 26.2. The average molecular weight is 243 g/mol. The number of hydrogen-bond donors (Lipinski definition) is 0. The van der Waals surface area contributed by atoms with Gasteiger partial charge in [-0.1, -0.05) is 0 Å². The molecule has 0 aliphatic rings. The molecule has 0 heterocycles. The van der Waals surface area contributed by atoms with E-state index in [1.54, 1.807) is 14.0 Å². The Morgan fingerprint density at radius 2 is 1.64 bits per heavy atom. The molecule has 0 bridgehead atoms. The maximum absolute atomic E-state index is 11.8. The molecule has 0 spiro atoms. The SMILES string of the molecule is CC(Cl)CN(C)S(=O)(=O)N(C)C(C)C. The van der Waals surface area contributed by atoms with Crippen LogP contribution < -0.4 is 0 Å². The highest BCUT2D eigenvalue weighted by atomic mass is 35.5. The Labute approximate surface area is 92.0 Å². The van der Waals surface area contributed by atoms with E-state index in [1.165, 1.54) is 15.7 Å². The monoisotopic (exact) mass is 242 g/mol. The van der Waals surface area contributed by atoms with Gasteiger partial charge in [-0.3, -0.25) is 0 Å². The summed E-state index contributed by atoms with van der Waals surface area (Å²) in [6.07, 6.45) is 0. The molecule has 1 unspecified atom stereocenters. The molecule has 0 saturated carbocycles. The van der Waals surface area contributed by atoms with Crippen LogP contribution >= 0.6 is 11.6 Å². The van der Waals surface area contributed by atoms with Crippen LogP contribution in [0.1, 0.15) is 20.8 Å². The molecular weight excluding hydrogens is 224 g/mol. The summed E-state index contributed by atoms with van der Waals surface area (Å²) in [5.74, 6) is 0. The zero-order valence-corrected chi connectivity index (χ0v) is 10.9. The summed E-state index contributed by atoms with van der Waals surface area (Å²) in [5.41, 5.74) is 0. The van der Waals surface area contributed by atoms with Crippen molar-refractivity contribution in [3.8, 4) is 0 Å². The van der Waals surface area contributed by atoms with Gasteiger partial charge < -0.3 is 0 Å². The first-order chi connectivity index (χ1) is 6.19. The summed E-state index contributed by atoms with van der Waals surface area (Å²) in [5, 5.41) is -0.185. The zero-order chi connectivity index (χ0) is 11.5. The van der Waals surface area contributed by atoms with Crippen LogP contribution in [0, 0.1) is 0 Å². The van der Waals surface area contributed by atoms with E-state index in [0.717, 1.165) is 0 Å². The highest BCUT2D eigenvalue weighted by molar-refractivity contribution is 7.86. The molecule has 0 aromatic rings. The molecular formula is C8H19ClN2O2S. The smallest absolute Gasteiger partial charge is 0.195 e. The minimum Gasteiger partial charge on any atom is -0.195 e. The van der Waals surface area contributed by atoms with Crippen LogP contribution in [0.15, 0.2) is 0 Å². The van der Waals surface area contributed by atoms with Crippen molar-refractivity contribution < 1.29 is 8.42 Å². The predicted octanol–water partition coefficient (Wildman–Crippen LogP) is 1.13. The van der Waals surface area contributed by atoms with Crippen LogP contribution in [0.3, 0.4) is 0 Å². The molecule has 0 aliphatic heterocycles. The Morgan fingerprint density at radius 1 is 1.21 bits per heavy atom. The standard InChI is InChI=1S/C8H19ClN2O2S/c1-7(2)11(5)14(12,13)10(4)6-8(3)9/h7-8H,6H2,1-5H3. The number of hydrogen-bond acceptors (Lipinski definition) is 2. The van der Waals surface area contributed by atoms with E-state index in [1.807, 2.05) is 13.8 Å². The third-order valence-electron chi connectivity index (χ3n) is 1.99. The molecule has 0 rings (SSSR count). The van der Waals surface area contributed by atoms with Crippen LogP contribution in [0.5, 0.6) is 0 Å². The number of alkyl halides is 1. The molecule has 0 N–H and O–H groups in total. The maximum atomic E-state index is 11.8. The molecule has 0 fully saturated rings. The van der Waals surface area contributed by atoms with Gasteiger partial charge in [0.15, 0.2) is 0 Å². The number of rotatable bonds is 5. The fraction of sp³-hybridized carbons (Fsp3) is 1.00. The molecule has 1 atom stereocenters. The third kappa shape index (κ3) is 3.73. The molecule has 0 aromatic carbocycles. The molecule has 14 heavy (non-hydrogen) atoms. The highest BCUT2D eigenvalue weighted by Crippen LogP contribution is 2.09. The van der Waals surface area contributed by atoms with Gasteiger partial charge in [0.2, 0.25) is 0 Å². The Balaban J connectivity index is 4.62. The van der Waals surface area contributed by atoms with Crippen molar-refractivity contribution in [3.05, 3.63) is 0 Å². The van der Waals surface area contributed by atoms with Crippen molar-refractivity contribution in [2.75, 3.05) is 20.6 Å². The van der Waals surface area contributed by atoms with Gasteiger partial charge in [-0.25, -0.2) is 0 Å². The Kier molecular flexibility index (Phi) is 5.36. The summed E-state index contributed by atoms with van der Waals surface area (Å²) in [6.45, 7) is 5.74. The number of halogens is 1. The fourth-order valence-corrected chi connectivity index (χ4v) is 2.61. The summed E-state index contributed by atoms with van der Waals surface area (Å²) in [4.78, 5) is 0. The van der Waals surface area contributed by atoms with E-state index in [2.05, 4.69) is 0 Å². The lowest BCUT2D eigenvalue weighted by Gasteiger charge is -2.27. The summed E-state index contributed by atoms with van der Waals surface area (Å²) in [7, 11) is -0.251. The Bertz CT molecular complexity index is 265. The van der Waals surface area contributed by atoms with Gasteiger partial charge in [0, 0.05) is 32.1 Å². The maximum Gasteiger partial charge on any atom is 0.281 e. The van der Waals surface area contributed by atoms with Gasteiger partial charge >= 0.3 is 0 Å². The van der Waals surface area contributed by atoms with E-state index in [9.17, 15) is 8.42 Å². The normalized spacial score (nSPS) is 15.5. The first kappa shape index (κ1) is 14.2. The predicted molar refractivity (Wildman–Crippen MR) is 59.8 cm³/mol. The largest absolute Gasteiger partial charge is 0.281 e. The third-order valence-corrected chi connectivity index (χ3v) is 4.22. The second-order valence-electron chi connectivity index (χ2n) is 3.68. The fourth-order valence-electron chi connectivity index (χ4n) is 0.935. The van der Waals surface area contributed by atoms with Gasteiger partial charge in [0.05, 0.1) is 0 Å². The topological polar surface area (TPSA) is 40.6 Å². The van der Waals surface area contributed by atoms with Crippen molar-refractivity contribution in [2.45, 2.75) is 32.2 Å². The lowest BCUT2D eigenvalue weighted by atomic mass is 10.4. The lowest BCUT2D eigenvalue weighted by molar-refractivity contribution is 0.358. The van der Waals surface area contributed by atoms with E-state index in [4.69, 9.17) is 11.6 Å². The van der Waals surface area contributed by atoms with E-state index >= 15 is 0 Å². The first-order valence-electron chi connectivity index (χ1n) is 4.53. The van der Waals surface area contributed by atoms with Crippen LogP contribution in [0.2, 0.25) is 0 Å². The van der Waals surface area contributed by atoms with Crippen molar-refractivity contribution in [1.29, 1.82) is 0 Å². The molecule has 0 saturated heterocycles. The van der Waals surface area contributed by atoms with Crippen LogP contribution in [-0.2, 0) is 10.2 Å². The van der Waals surface area contributed by atoms with E-state index < -0.39 is 10.2 Å². The van der Waals surface area contributed by atoms with Gasteiger partial charge in [0.25, 0.3) is 10.2 Å². The van der Waals surface area contributed by atoms with E-state index in [0.29, 0.717) is 6.54 Å². The molecule has 0 radical (unpaired) electrons. The molecule has 6 heteroatoms. The first-order valence-corrected chi connectivity index (χ1v) is 6.36. The van der Waals surface area contributed by atoms with Crippen molar-refractivity contribution in [3.63, 3.8) is 0 Å². The van der Waals surface area contributed by atoms with Crippen LogP contribution in [-0.4, -0.2) is 49.1 Å². The molecule has 0 aliphatic carbocycles. The molecule has 0 amide bonds. The van der Waals surface area contributed by atoms with Gasteiger partial charge in [0.1, 0.15) is 0 Å². The van der Waals surface area contributed by atoms with Crippen molar-refractivity contribution in [2.24, 2.45) is 0 Å². The minimum absolute atomic E-state index is 0.0481. The van der Waals surface area contributed by atoms with E-state index in [-0.39, 0.29) is 11.4 Å². The second kappa shape index (κ2) is 5.30. The van der Waals surface area contributed by atoms with Crippen LogP contribution in [0.25, 0.3) is 0 Å². The Morgan fingerprint density at radius 3 is 1.93 bits per heavy atom. The van der Waals surface area contributed by atoms with Gasteiger partial charge in [-0.15, -0.1) is 11.6 Å².